The first-order valence-corrected chi connectivity index (χ1v) is 7.27. The van der Waals surface area contributed by atoms with Crippen LogP contribution in [0, 0.1) is 11.7 Å². The molecule has 1 aromatic rings. The Morgan fingerprint density at radius 3 is 3.05 bits per heavy atom. The van der Waals surface area contributed by atoms with Crippen LogP contribution in [0.1, 0.15) is 18.4 Å². The smallest absolute Gasteiger partial charge is 0.227 e. The van der Waals surface area contributed by atoms with Crippen LogP contribution < -0.4 is 5.32 Å². The molecule has 1 N–H and O–H groups in total. The Kier molecular flexibility index (Phi) is 4.93. The predicted octanol–water partition coefficient (Wildman–Crippen LogP) is 2.55. The van der Waals surface area contributed by atoms with Crippen molar-refractivity contribution in [1.29, 1.82) is 0 Å². The lowest BCUT2D eigenvalue weighted by Gasteiger charge is -2.27. The zero-order chi connectivity index (χ0) is 13.8. The topological polar surface area (TPSA) is 32.3 Å². The number of halogens is 2. The minimum Gasteiger partial charge on any atom is -0.341 e. The number of benzene rings is 1. The van der Waals surface area contributed by atoms with Crippen molar-refractivity contribution in [3.05, 3.63) is 34.1 Å². The van der Waals surface area contributed by atoms with Crippen LogP contribution in [0.4, 0.5) is 4.39 Å². The number of hydrogen-bond acceptors (Lipinski definition) is 2. The first kappa shape index (κ1) is 14.5. The fraction of sp³-hybridized carbons (Fsp3) is 0.500. The van der Waals surface area contributed by atoms with Crippen LogP contribution in [0.2, 0.25) is 0 Å². The largest absolute Gasteiger partial charge is 0.341 e. The van der Waals surface area contributed by atoms with Crippen molar-refractivity contribution < 1.29 is 9.18 Å². The van der Waals surface area contributed by atoms with Crippen LogP contribution in [-0.2, 0) is 11.3 Å². The van der Waals surface area contributed by atoms with E-state index in [1.165, 1.54) is 6.07 Å². The third kappa shape index (κ3) is 3.76. The standard InChI is InChI=1S/C14H18BrFN2O/c1-18(14(19)10-3-2-6-17-8-10)9-11-7-12(15)4-5-13(11)16/h4-5,7,10,17H,2-3,6,8-9H2,1H3. The van der Waals surface area contributed by atoms with Gasteiger partial charge in [-0.05, 0) is 37.6 Å². The lowest BCUT2D eigenvalue weighted by atomic mass is 9.98. The molecule has 0 aromatic heterocycles. The summed E-state index contributed by atoms with van der Waals surface area (Å²) in [6, 6.07) is 4.80. The number of nitrogens with zero attached hydrogens (tertiary/aromatic N) is 1. The molecule has 1 aliphatic rings. The van der Waals surface area contributed by atoms with E-state index in [1.54, 1.807) is 24.1 Å². The highest BCUT2D eigenvalue weighted by Crippen LogP contribution is 2.19. The van der Waals surface area contributed by atoms with Crippen LogP contribution in [0.3, 0.4) is 0 Å². The molecular formula is C14H18BrFN2O. The molecule has 0 saturated carbocycles. The molecule has 1 aliphatic heterocycles. The summed E-state index contributed by atoms with van der Waals surface area (Å²) in [5.74, 6) is -0.162. The number of carbonyl (C=O) groups is 1. The summed E-state index contributed by atoms with van der Waals surface area (Å²) in [6.45, 7) is 2.01. The first-order valence-electron chi connectivity index (χ1n) is 6.47. The summed E-state index contributed by atoms with van der Waals surface area (Å²) in [6.07, 6.45) is 1.94. The molecule has 1 saturated heterocycles. The van der Waals surface area contributed by atoms with Gasteiger partial charge in [0.15, 0.2) is 0 Å². The van der Waals surface area contributed by atoms with Crippen LogP contribution in [0.25, 0.3) is 0 Å². The molecular weight excluding hydrogens is 311 g/mol. The lowest BCUT2D eigenvalue weighted by molar-refractivity contribution is -0.135. The average molecular weight is 329 g/mol. The van der Waals surface area contributed by atoms with Gasteiger partial charge in [-0.3, -0.25) is 4.79 Å². The highest BCUT2D eigenvalue weighted by atomic mass is 79.9. The Morgan fingerprint density at radius 2 is 2.37 bits per heavy atom. The van der Waals surface area contributed by atoms with Gasteiger partial charge < -0.3 is 10.2 Å². The van der Waals surface area contributed by atoms with E-state index in [0.717, 1.165) is 30.4 Å². The fourth-order valence-electron chi connectivity index (χ4n) is 2.37. The third-order valence-electron chi connectivity index (χ3n) is 3.44. The Hall–Kier alpha value is -0.940. The van der Waals surface area contributed by atoms with Gasteiger partial charge in [0.1, 0.15) is 5.82 Å². The van der Waals surface area contributed by atoms with Crippen molar-refractivity contribution in [2.75, 3.05) is 20.1 Å². The quantitative estimate of drug-likeness (QED) is 0.924. The molecule has 1 unspecified atom stereocenters. The molecule has 1 fully saturated rings. The van der Waals surface area contributed by atoms with Gasteiger partial charge in [-0.1, -0.05) is 15.9 Å². The summed E-state index contributed by atoms with van der Waals surface area (Å²) in [5, 5.41) is 3.23. The summed E-state index contributed by atoms with van der Waals surface area (Å²) < 4.78 is 14.5. The monoisotopic (exact) mass is 328 g/mol. The second kappa shape index (κ2) is 6.48. The molecule has 2 rings (SSSR count). The van der Waals surface area contributed by atoms with Crippen molar-refractivity contribution >= 4 is 21.8 Å². The van der Waals surface area contributed by atoms with E-state index >= 15 is 0 Å². The van der Waals surface area contributed by atoms with Crippen LogP contribution in [-0.4, -0.2) is 30.9 Å². The van der Waals surface area contributed by atoms with Crippen molar-refractivity contribution in [2.24, 2.45) is 5.92 Å². The van der Waals surface area contributed by atoms with E-state index in [2.05, 4.69) is 21.2 Å². The summed E-state index contributed by atoms with van der Waals surface area (Å²) >= 11 is 3.32. The molecule has 1 heterocycles. The molecule has 1 aromatic carbocycles. The van der Waals surface area contributed by atoms with E-state index in [9.17, 15) is 9.18 Å². The highest BCUT2D eigenvalue weighted by molar-refractivity contribution is 9.10. The third-order valence-corrected chi connectivity index (χ3v) is 3.93. The summed E-state index contributed by atoms with van der Waals surface area (Å²) in [5.41, 5.74) is 0.536. The van der Waals surface area contributed by atoms with Crippen LogP contribution in [0.15, 0.2) is 22.7 Å². The second-order valence-electron chi connectivity index (χ2n) is 4.97. The molecule has 0 aliphatic carbocycles. The van der Waals surface area contributed by atoms with Gasteiger partial charge >= 0.3 is 0 Å². The minimum absolute atomic E-state index is 0.0222. The van der Waals surface area contributed by atoms with Gasteiger partial charge in [0.2, 0.25) is 5.91 Å². The van der Waals surface area contributed by atoms with E-state index in [-0.39, 0.29) is 17.6 Å². The first-order chi connectivity index (χ1) is 9.08. The van der Waals surface area contributed by atoms with Crippen molar-refractivity contribution in [2.45, 2.75) is 19.4 Å². The lowest BCUT2D eigenvalue weighted by Crippen LogP contribution is -2.41. The number of piperidine rings is 1. The number of carbonyl (C=O) groups excluding carboxylic acids is 1. The molecule has 3 nitrogen and oxygen atoms in total. The predicted molar refractivity (Wildman–Crippen MR) is 76.2 cm³/mol. The maximum absolute atomic E-state index is 13.7. The number of nitrogens with one attached hydrogen (secondary N) is 1. The number of hydrogen-bond donors (Lipinski definition) is 1. The zero-order valence-corrected chi connectivity index (χ0v) is 12.5. The molecule has 1 atom stereocenters. The maximum Gasteiger partial charge on any atom is 0.227 e. The number of rotatable bonds is 3. The zero-order valence-electron chi connectivity index (χ0n) is 11.0. The van der Waals surface area contributed by atoms with Crippen LogP contribution in [0.5, 0.6) is 0 Å². The van der Waals surface area contributed by atoms with Gasteiger partial charge in [0, 0.05) is 30.2 Å². The van der Waals surface area contributed by atoms with Crippen molar-refractivity contribution in [3.8, 4) is 0 Å². The Balaban J connectivity index is 2.01. The van der Waals surface area contributed by atoms with E-state index in [4.69, 9.17) is 0 Å². The van der Waals surface area contributed by atoms with Gasteiger partial charge in [-0.15, -0.1) is 0 Å². The van der Waals surface area contributed by atoms with E-state index in [1.807, 2.05) is 0 Å². The van der Waals surface area contributed by atoms with Crippen LogP contribution >= 0.6 is 15.9 Å². The molecule has 19 heavy (non-hydrogen) atoms. The second-order valence-corrected chi connectivity index (χ2v) is 5.89. The minimum atomic E-state index is -0.274. The fourth-order valence-corrected chi connectivity index (χ4v) is 2.78. The Morgan fingerprint density at radius 1 is 1.58 bits per heavy atom. The van der Waals surface area contributed by atoms with Gasteiger partial charge in [0.05, 0.1) is 5.92 Å². The summed E-state index contributed by atoms with van der Waals surface area (Å²) in [4.78, 5) is 13.9. The van der Waals surface area contributed by atoms with Crippen molar-refractivity contribution in [1.82, 2.24) is 10.2 Å². The molecule has 0 spiro atoms. The molecule has 0 bridgehead atoms. The average Bonchev–Trinajstić information content (AvgIpc) is 2.43. The molecule has 0 radical (unpaired) electrons. The summed E-state index contributed by atoms with van der Waals surface area (Å²) in [7, 11) is 1.73. The van der Waals surface area contributed by atoms with Gasteiger partial charge in [-0.2, -0.15) is 0 Å². The Bertz CT molecular complexity index is 461. The molecule has 1 amide bonds. The SMILES string of the molecule is CN(Cc1cc(Br)ccc1F)C(=O)C1CCCNC1. The van der Waals surface area contributed by atoms with Crippen molar-refractivity contribution in [3.63, 3.8) is 0 Å². The highest BCUT2D eigenvalue weighted by Gasteiger charge is 2.24. The normalized spacial score (nSPS) is 19.2. The number of amides is 1. The van der Waals surface area contributed by atoms with Gasteiger partial charge in [-0.25, -0.2) is 4.39 Å². The van der Waals surface area contributed by atoms with E-state index < -0.39 is 0 Å². The molecule has 5 heteroatoms. The van der Waals surface area contributed by atoms with E-state index in [0.29, 0.717) is 12.1 Å². The van der Waals surface area contributed by atoms with Gasteiger partial charge in [0.25, 0.3) is 0 Å². The molecule has 104 valence electrons. The Labute approximate surface area is 121 Å². The maximum atomic E-state index is 13.7.